The molecule has 0 aromatic rings. The number of amides is 1. The Morgan fingerprint density at radius 2 is 1.50 bits per heavy atom. The van der Waals surface area contributed by atoms with E-state index < -0.39 is 42.7 Å². The highest BCUT2D eigenvalue weighted by molar-refractivity contribution is 5.92. The number of alkyl halides is 4. The minimum atomic E-state index is -5.54. The number of carbonyl (C=O) groups excluding carboxylic acids is 1. The summed E-state index contributed by atoms with van der Waals surface area (Å²) < 4.78 is 50.6. The van der Waals surface area contributed by atoms with Gasteiger partial charge in [0.25, 0.3) is 5.91 Å². The predicted molar refractivity (Wildman–Crippen MR) is 47.4 cm³/mol. The Hall–Kier alpha value is -1.87. The van der Waals surface area contributed by atoms with Crippen molar-refractivity contribution < 1.29 is 42.2 Å². The van der Waals surface area contributed by atoms with Crippen LogP contribution in [0.3, 0.4) is 0 Å². The lowest BCUT2D eigenvalue weighted by molar-refractivity contribution is -0.222. The number of halogens is 4. The van der Waals surface area contributed by atoms with Crippen molar-refractivity contribution in [2.75, 3.05) is 6.54 Å². The van der Waals surface area contributed by atoms with Crippen molar-refractivity contribution in [3.8, 4) is 0 Å². The first-order valence-electron chi connectivity index (χ1n) is 4.52. The van der Waals surface area contributed by atoms with Gasteiger partial charge in [0.1, 0.15) is 0 Å². The molecule has 0 rings (SSSR count). The lowest BCUT2D eigenvalue weighted by Gasteiger charge is -2.21. The summed E-state index contributed by atoms with van der Waals surface area (Å²) in [5.41, 5.74) is 0. The highest BCUT2D eigenvalue weighted by Gasteiger charge is 2.67. The highest BCUT2D eigenvalue weighted by atomic mass is 19.3. The van der Waals surface area contributed by atoms with Crippen molar-refractivity contribution in [1.29, 1.82) is 0 Å². The lowest BCUT2D eigenvalue weighted by Crippen LogP contribution is -2.56. The van der Waals surface area contributed by atoms with Gasteiger partial charge in [0.2, 0.25) is 0 Å². The van der Waals surface area contributed by atoms with Crippen LogP contribution >= 0.6 is 0 Å². The van der Waals surface area contributed by atoms with Crippen LogP contribution in [0.2, 0.25) is 0 Å². The van der Waals surface area contributed by atoms with Crippen LogP contribution in [0.15, 0.2) is 0 Å². The fraction of sp³-hybridized carbons (Fsp3) is 0.625. The molecule has 0 bridgehead atoms. The maximum absolute atomic E-state index is 12.8. The zero-order valence-corrected chi connectivity index (χ0v) is 8.75. The summed E-state index contributed by atoms with van der Waals surface area (Å²) in [6.07, 6.45) is -0.711. The van der Waals surface area contributed by atoms with Crippen LogP contribution in [-0.4, -0.2) is 46.4 Å². The van der Waals surface area contributed by atoms with E-state index in [9.17, 15) is 31.9 Å². The first kappa shape index (κ1) is 16.1. The molecule has 6 nitrogen and oxygen atoms in total. The summed E-state index contributed by atoms with van der Waals surface area (Å²) in [5, 5.41) is 17.4. The molecule has 0 heterocycles. The van der Waals surface area contributed by atoms with Crippen molar-refractivity contribution in [3.05, 3.63) is 0 Å². The topological polar surface area (TPSA) is 104 Å². The molecule has 0 fully saturated rings. The van der Waals surface area contributed by atoms with Gasteiger partial charge in [-0.25, -0.2) is 4.79 Å². The smallest absolute Gasteiger partial charge is 0.413 e. The second kappa shape index (κ2) is 5.65. The predicted octanol–water partition coefficient (Wildman–Crippen LogP) is 0.323. The van der Waals surface area contributed by atoms with Gasteiger partial charge in [-0.05, 0) is 6.42 Å². The average Bonchev–Trinajstić information content (AvgIpc) is 2.23. The molecule has 18 heavy (non-hydrogen) atoms. The van der Waals surface area contributed by atoms with E-state index in [1.54, 1.807) is 0 Å². The molecular weight excluding hydrogens is 266 g/mol. The molecular formula is C8H9F4NO5. The molecule has 0 aliphatic carbocycles. The number of hydrogen-bond acceptors (Lipinski definition) is 3. The molecule has 0 aromatic heterocycles. The monoisotopic (exact) mass is 275 g/mol. The molecule has 10 heteroatoms. The van der Waals surface area contributed by atoms with Crippen molar-refractivity contribution in [1.82, 2.24) is 5.32 Å². The second-order valence-corrected chi connectivity index (χ2v) is 3.21. The third-order valence-corrected chi connectivity index (χ3v) is 1.80. The normalized spacial score (nSPS) is 12.0. The summed E-state index contributed by atoms with van der Waals surface area (Å²) in [4.78, 5) is 30.6. The summed E-state index contributed by atoms with van der Waals surface area (Å²) in [6, 6.07) is 0. The first-order chi connectivity index (χ1) is 8.03. The Morgan fingerprint density at radius 3 is 1.89 bits per heavy atom. The second-order valence-electron chi connectivity index (χ2n) is 3.21. The largest absolute Gasteiger partial charge is 0.481 e. The van der Waals surface area contributed by atoms with Gasteiger partial charge in [0, 0.05) is 13.0 Å². The van der Waals surface area contributed by atoms with Crippen LogP contribution in [0.1, 0.15) is 12.8 Å². The molecule has 0 radical (unpaired) electrons. The molecule has 0 aliphatic rings. The van der Waals surface area contributed by atoms with Gasteiger partial charge in [-0.1, -0.05) is 0 Å². The molecule has 1 amide bonds. The Kier molecular flexibility index (Phi) is 5.06. The van der Waals surface area contributed by atoms with Crippen molar-refractivity contribution >= 4 is 17.8 Å². The molecule has 0 spiro atoms. The minimum Gasteiger partial charge on any atom is -0.481 e. The number of carboxylic acid groups (broad SMARTS) is 2. The van der Waals surface area contributed by atoms with Gasteiger partial charge >= 0.3 is 23.8 Å². The molecule has 3 N–H and O–H groups in total. The van der Waals surface area contributed by atoms with Crippen LogP contribution < -0.4 is 5.32 Å². The fourth-order valence-electron chi connectivity index (χ4n) is 0.829. The molecule has 0 saturated carbocycles. The Balaban J connectivity index is 4.49. The summed E-state index contributed by atoms with van der Waals surface area (Å²) in [5.74, 6) is -17.8. The van der Waals surface area contributed by atoms with E-state index in [2.05, 4.69) is 0 Å². The van der Waals surface area contributed by atoms with E-state index >= 15 is 0 Å². The molecule has 104 valence electrons. The number of carboxylic acids is 2. The maximum atomic E-state index is 12.8. The van der Waals surface area contributed by atoms with Gasteiger partial charge in [-0.3, -0.25) is 9.59 Å². The van der Waals surface area contributed by atoms with Crippen LogP contribution in [0.5, 0.6) is 0 Å². The van der Waals surface area contributed by atoms with Crippen LogP contribution in [0.25, 0.3) is 0 Å². The zero-order valence-electron chi connectivity index (χ0n) is 8.75. The van der Waals surface area contributed by atoms with E-state index in [1.807, 2.05) is 0 Å². The number of carbonyl (C=O) groups is 3. The van der Waals surface area contributed by atoms with E-state index in [4.69, 9.17) is 10.2 Å². The van der Waals surface area contributed by atoms with Gasteiger partial charge in [0.05, 0.1) is 0 Å². The van der Waals surface area contributed by atoms with Crippen LogP contribution in [0.4, 0.5) is 17.6 Å². The van der Waals surface area contributed by atoms with Gasteiger partial charge in [-0.15, -0.1) is 0 Å². The van der Waals surface area contributed by atoms with E-state index in [1.165, 1.54) is 5.32 Å². The summed E-state index contributed by atoms with van der Waals surface area (Å²) >= 11 is 0. The molecule has 0 atom stereocenters. The van der Waals surface area contributed by atoms with Crippen LogP contribution in [-0.2, 0) is 14.4 Å². The Labute approximate surface area is 97.6 Å². The van der Waals surface area contributed by atoms with E-state index in [0.29, 0.717) is 0 Å². The number of hydrogen-bond donors (Lipinski definition) is 3. The summed E-state index contributed by atoms with van der Waals surface area (Å²) in [6.45, 7) is -0.587. The highest BCUT2D eigenvalue weighted by Crippen LogP contribution is 2.34. The summed E-state index contributed by atoms with van der Waals surface area (Å²) in [7, 11) is 0. The van der Waals surface area contributed by atoms with Crippen molar-refractivity contribution in [2.24, 2.45) is 0 Å². The molecule has 0 saturated heterocycles. The van der Waals surface area contributed by atoms with Gasteiger partial charge < -0.3 is 15.5 Å². The zero-order chi connectivity index (χ0) is 14.6. The third-order valence-electron chi connectivity index (χ3n) is 1.80. The maximum Gasteiger partial charge on any atom is 0.413 e. The van der Waals surface area contributed by atoms with Crippen molar-refractivity contribution in [2.45, 2.75) is 24.7 Å². The molecule has 0 aliphatic heterocycles. The van der Waals surface area contributed by atoms with Crippen LogP contribution in [0, 0.1) is 0 Å². The van der Waals surface area contributed by atoms with Gasteiger partial charge in [0.15, 0.2) is 0 Å². The number of nitrogens with one attached hydrogen (secondary N) is 1. The fourth-order valence-corrected chi connectivity index (χ4v) is 0.829. The molecule has 0 aromatic carbocycles. The van der Waals surface area contributed by atoms with Gasteiger partial charge in [-0.2, -0.15) is 17.6 Å². The number of aliphatic carboxylic acids is 2. The third kappa shape index (κ3) is 3.57. The Bertz CT molecular complexity index is 357. The first-order valence-corrected chi connectivity index (χ1v) is 4.52. The standard InChI is InChI=1S/C8H9F4NO5/c9-7(10,8(11,12)6(17)18)5(16)13-3-1-2-4(14)15/h1-3H2,(H,13,16)(H,14,15)(H,17,18). The molecule has 0 unspecified atom stereocenters. The quantitative estimate of drug-likeness (QED) is 0.458. The van der Waals surface area contributed by atoms with Crippen molar-refractivity contribution in [3.63, 3.8) is 0 Å². The average molecular weight is 275 g/mol. The lowest BCUT2D eigenvalue weighted by atomic mass is 10.1. The Morgan fingerprint density at radius 1 is 1.00 bits per heavy atom. The SMILES string of the molecule is O=C(O)CCCNC(=O)C(F)(F)C(F)(F)C(=O)O. The van der Waals surface area contributed by atoms with E-state index in [-0.39, 0.29) is 6.42 Å². The minimum absolute atomic E-state index is 0.254. The number of rotatable bonds is 7. The van der Waals surface area contributed by atoms with E-state index in [0.717, 1.165) is 0 Å².